The summed E-state index contributed by atoms with van der Waals surface area (Å²) in [6.07, 6.45) is 3.39. The summed E-state index contributed by atoms with van der Waals surface area (Å²) in [5.74, 6) is 1.68. The number of rotatable bonds is 4. The first-order chi connectivity index (χ1) is 9.03. The lowest BCUT2D eigenvalue weighted by molar-refractivity contribution is 0.0623. The van der Waals surface area contributed by atoms with E-state index in [2.05, 4.69) is 24.8 Å². The highest BCUT2D eigenvalue weighted by atomic mass is 16.5. The van der Waals surface area contributed by atoms with Crippen LogP contribution in [0.2, 0.25) is 0 Å². The molecule has 1 saturated heterocycles. The average Bonchev–Trinajstić information content (AvgIpc) is 2.39. The van der Waals surface area contributed by atoms with Gasteiger partial charge in [0.1, 0.15) is 5.75 Å². The Morgan fingerprint density at radius 2 is 2.16 bits per heavy atom. The minimum Gasteiger partial charge on any atom is -0.496 e. The van der Waals surface area contributed by atoms with Crippen molar-refractivity contribution < 1.29 is 4.74 Å². The molecule has 2 atom stereocenters. The molecule has 1 aromatic carbocycles. The van der Waals surface area contributed by atoms with E-state index in [0.717, 1.165) is 31.2 Å². The van der Waals surface area contributed by atoms with Gasteiger partial charge in [-0.25, -0.2) is 0 Å². The second-order valence-electron chi connectivity index (χ2n) is 6.04. The fourth-order valence-electron chi connectivity index (χ4n) is 3.00. The molecule has 3 nitrogen and oxygen atoms in total. The number of nitrogens with zero attached hydrogens (tertiary/aromatic N) is 1. The van der Waals surface area contributed by atoms with Crippen molar-refractivity contribution in [3.63, 3.8) is 0 Å². The summed E-state index contributed by atoms with van der Waals surface area (Å²) >= 11 is 0. The Balaban J connectivity index is 2.11. The third kappa shape index (κ3) is 3.48. The van der Waals surface area contributed by atoms with Gasteiger partial charge in [-0.3, -0.25) is 4.90 Å². The molecule has 0 radical (unpaired) electrons. The Morgan fingerprint density at radius 1 is 1.42 bits per heavy atom. The van der Waals surface area contributed by atoms with Crippen molar-refractivity contribution in [1.29, 1.82) is 0 Å². The lowest BCUT2D eigenvalue weighted by Gasteiger charge is -2.43. The summed E-state index contributed by atoms with van der Waals surface area (Å²) in [6, 6.07) is 8.16. The van der Waals surface area contributed by atoms with Crippen LogP contribution < -0.4 is 10.5 Å². The Hall–Kier alpha value is -1.06. The van der Waals surface area contributed by atoms with Crippen LogP contribution in [0.4, 0.5) is 0 Å². The number of para-hydroxylation sites is 1. The number of methoxy groups -OCH3 is 1. The Kier molecular flexibility index (Phi) is 4.48. The molecular formula is C16H26N2O. The minimum absolute atomic E-state index is 0.302. The van der Waals surface area contributed by atoms with E-state index in [0.29, 0.717) is 0 Å². The van der Waals surface area contributed by atoms with Crippen LogP contribution in [0.3, 0.4) is 0 Å². The van der Waals surface area contributed by atoms with E-state index < -0.39 is 0 Å². The number of nitrogens with two attached hydrogens (primary N) is 1. The molecule has 2 rings (SSSR count). The van der Waals surface area contributed by atoms with E-state index >= 15 is 0 Å². The van der Waals surface area contributed by atoms with E-state index in [-0.39, 0.29) is 5.66 Å². The first-order valence-corrected chi connectivity index (χ1v) is 7.19. The van der Waals surface area contributed by atoms with Crippen molar-refractivity contribution in [1.82, 2.24) is 4.90 Å². The molecule has 1 aliphatic rings. The van der Waals surface area contributed by atoms with Gasteiger partial charge in [0, 0.05) is 13.0 Å². The molecule has 0 amide bonds. The van der Waals surface area contributed by atoms with Gasteiger partial charge in [-0.1, -0.05) is 25.1 Å². The Morgan fingerprint density at radius 3 is 2.84 bits per heavy atom. The van der Waals surface area contributed by atoms with Crippen molar-refractivity contribution in [2.45, 2.75) is 38.8 Å². The van der Waals surface area contributed by atoms with Crippen molar-refractivity contribution in [3.05, 3.63) is 29.8 Å². The number of piperidine rings is 1. The molecule has 3 heteroatoms. The lowest BCUT2D eigenvalue weighted by atomic mass is 9.93. The van der Waals surface area contributed by atoms with Crippen LogP contribution in [-0.4, -0.2) is 30.8 Å². The molecule has 0 bridgehead atoms. The van der Waals surface area contributed by atoms with Gasteiger partial charge in [-0.05, 0) is 43.9 Å². The third-order valence-electron chi connectivity index (χ3n) is 4.12. The normalized spacial score (nSPS) is 23.9. The SMILES string of the molecule is COc1ccccc1CC(C)(N)N1CCCC(C)C1. The summed E-state index contributed by atoms with van der Waals surface area (Å²) in [4.78, 5) is 2.42. The minimum atomic E-state index is -0.302. The fourth-order valence-corrected chi connectivity index (χ4v) is 3.00. The van der Waals surface area contributed by atoms with Gasteiger partial charge in [0.2, 0.25) is 0 Å². The molecule has 2 unspecified atom stereocenters. The predicted octanol–water partition coefficient (Wildman–Crippen LogP) is 2.64. The monoisotopic (exact) mass is 262 g/mol. The van der Waals surface area contributed by atoms with Crippen LogP contribution >= 0.6 is 0 Å². The van der Waals surface area contributed by atoms with Crippen LogP contribution in [0, 0.1) is 5.92 Å². The topological polar surface area (TPSA) is 38.5 Å². The molecular weight excluding hydrogens is 236 g/mol. The standard InChI is InChI=1S/C16H26N2O/c1-13-7-6-10-18(12-13)16(2,17)11-14-8-4-5-9-15(14)19-3/h4-5,8-9,13H,6-7,10-12,17H2,1-3H3. The van der Waals surface area contributed by atoms with Gasteiger partial charge in [-0.15, -0.1) is 0 Å². The highest BCUT2D eigenvalue weighted by Gasteiger charge is 2.31. The molecule has 19 heavy (non-hydrogen) atoms. The maximum absolute atomic E-state index is 6.58. The molecule has 0 aromatic heterocycles. The molecule has 106 valence electrons. The first kappa shape index (κ1) is 14.4. The molecule has 1 aromatic rings. The smallest absolute Gasteiger partial charge is 0.122 e. The number of benzene rings is 1. The maximum atomic E-state index is 6.58. The van der Waals surface area contributed by atoms with Crippen molar-refractivity contribution in [2.24, 2.45) is 11.7 Å². The van der Waals surface area contributed by atoms with E-state index in [1.165, 1.54) is 18.4 Å². The molecule has 1 aliphatic heterocycles. The van der Waals surface area contributed by atoms with Crippen LogP contribution in [0.25, 0.3) is 0 Å². The number of hydrogen-bond acceptors (Lipinski definition) is 3. The summed E-state index contributed by atoms with van der Waals surface area (Å²) in [5, 5.41) is 0. The molecule has 1 heterocycles. The van der Waals surface area contributed by atoms with Gasteiger partial charge in [0.05, 0.1) is 12.8 Å². The summed E-state index contributed by atoms with van der Waals surface area (Å²) < 4.78 is 5.43. The number of likely N-dealkylation sites (tertiary alicyclic amines) is 1. The number of ether oxygens (including phenoxy) is 1. The molecule has 2 N–H and O–H groups in total. The highest BCUT2D eigenvalue weighted by molar-refractivity contribution is 5.34. The Labute approximate surface area is 116 Å². The molecule has 1 fully saturated rings. The second-order valence-corrected chi connectivity index (χ2v) is 6.04. The third-order valence-corrected chi connectivity index (χ3v) is 4.12. The molecule has 0 saturated carbocycles. The van der Waals surface area contributed by atoms with Crippen molar-refractivity contribution in [3.8, 4) is 5.75 Å². The largest absolute Gasteiger partial charge is 0.496 e. The van der Waals surface area contributed by atoms with Gasteiger partial charge in [-0.2, -0.15) is 0 Å². The van der Waals surface area contributed by atoms with Crippen LogP contribution in [0.1, 0.15) is 32.3 Å². The fraction of sp³-hybridized carbons (Fsp3) is 0.625. The highest BCUT2D eigenvalue weighted by Crippen LogP contribution is 2.27. The van der Waals surface area contributed by atoms with Crippen molar-refractivity contribution >= 4 is 0 Å². The predicted molar refractivity (Wildman–Crippen MR) is 79.3 cm³/mol. The first-order valence-electron chi connectivity index (χ1n) is 7.19. The quantitative estimate of drug-likeness (QED) is 0.906. The molecule has 0 spiro atoms. The summed E-state index contributed by atoms with van der Waals surface area (Å²) in [5.41, 5.74) is 7.47. The Bertz CT molecular complexity index is 417. The number of hydrogen-bond donors (Lipinski definition) is 1. The van der Waals surface area contributed by atoms with Gasteiger partial charge in [0.25, 0.3) is 0 Å². The van der Waals surface area contributed by atoms with Gasteiger partial charge < -0.3 is 10.5 Å². The summed E-state index contributed by atoms with van der Waals surface area (Å²) in [6.45, 7) is 6.65. The zero-order valence-electron chi connectivity index (χ0n) is 12.4. The van der Waals surface area contributed by atoms with E-state index in [4.69, 9.17) is 10.5 Å². The van der Waals surface area contributed by atoms with Gasteiger partial charge >= 0.3 is 0 Å². The zero-order valence-corrected chi connectivity index (χ0v) is 12.4. The second kappa shape index (κ2) is 5.93. The summed E-state index contributed by atoms with van der Waals surface area (Å²) in [7, 11) is 1.72. The van der Waals surface area contributed by atoms with E-state index in [1.807, 2.05) is 18.2 Å². The van der Waals surface area contributed by atoms with E-state index in [1.54, 1.807) is 7.11 Å². The van der Waals surface area contributed by atoms with Crippen molar-refractivity contribution in [2.75, 3.05) is 20.2 Å². The molecule has 0 aliphatic carbocycles. The zero-order chi connectivity index (χ0) is 13.9. The van der Waals surface area contributed by atoms with E-state index in [9.17, 15) is 0 Å². The van der Waals surface area contributed by atoms with Gasteiger partial charge in [0.15, 0.2) is 0 Å². The maximum Gasteiger partial charge on any atom is 0.122 e. The van der Waals surface area contributed by atoms with Crippen LogP contribution in [0.5, 0.6) is 5.75 Å². The van der Waals surface area contributed by atoms with Crippen LogP contribution in [-0.2, 0) is 6.42 Å². The average molecular weight is 262 g/mol. The van der Waals surface area contributed by atoms with Crippen LogP contribution in [0.15, 0.2) is 24.3 Å². The lowest BCUT2D eigenvalue weighted by Crippen LogP contribution is -2.58.